The van der Waals surface area contributed by atoms with Crippen LogP contribution < -0.4 is 4.74 Å². The molecule has 1 aliphatic heterocycles. The Labute approximate surface area is 113 Å². The molecule has 0 amide bonds. The number of nitrogens with zero attached hydrogens (tertiary/aromatic N) is 1. The first-order valence-corrected chi connectivity index (χ1v) is 6.89. The quantitative estimate of drug-likeness (QED) is 0.903. The van der Waals surface area contributed by atoms with Gasteiger partial charge in [-0.3, -0.25) is 4.90 Å². The molecule has 1 aromatic carbocycles. The highest BCUT2D eigenvalue weighted by Gasteiger charge is 2.42. The Bertz CT molecular complexity index is 475. The van der Waals surface area contributed by atoms with Crippen molar-refractivity contribution in [2.45, 2.75) is 37.3 Å². The van der Waals surface area contributed by atoms with E-state index in [0.717, 1.165) is 13.0 Å². The maximum atomic E-state index is 14.1. The smallest absolute Gasteiger partial charge is 0.168 e. The lowest BCUT2D eigenvalue weighted by atomic mass is 9.93. The van der Waals surface area contributed by atoms with Crippen LogP contribution in [0.5, 0.6) is 5.75 Å². The Morgan fingerprint density at radius 3 is 2.95 bits per heavy atom. The molecule has 0 bridgehead atoms. The number of β-amino-alcohol motifs (C(OH)–C–C–N with tert-alkyl or cyclic N) is 1. The SMILES string of the molecule is COc1cccc(CC2(O)CCN(C3CC3)C2)c1F. The summed E-state index contributed by atoms with van der Waals surface area (Å²) in [6.45, 7) is 1.58. The average molecular weight is 265 g/mol. The number of ether oxygens (including phenoxy) is 1. The van der Waals surface area contributed by atoms with Gasteiger partial charge in [0.2, 0.25) is 0 Å². The van der Waals surface area contributed by atoms with Crippen molar-refractivity contribution in [2.24, 2.45) is 0 Å². The summed E-state index contributed by atoms with van der Waals surface area (Å²) < 4.78 is 19.1. The summed E-state index contributed by atoms with van der Waals surface area (Å²) in [6, 6.07) is 5.77. The number of aliphatic hydroxyl groups is 1. The second kappa shape index (κ2) is 4.76. The van der Waals surface area contributed by atoms with Crippen molar-refractivity contribution >= 4 is 0 Å². The summed E-state index contributed by atoms with van der Waals surface area (Å²) in [7, 11) is 1.46. The fourth-order valence-corrected chi connectivity index (χ4v) is 2.99. The van der Waals surface area contributed by atoms with Gasteiger partial charge in [-0.25, -0.2) is 4.39 Å². The van der Waals surface area contributed by atoms with Crippen molar-refractivity contribution < 1.29 is 14.2 Å². The molecule has 2 aliphatic rings. The molecule has 2 fully saturated rings. The lowest BCUT2D eigenvalue weighted by Crippen LogP contribution is -2.36. The minimum absolute atomic E-state index is 0.248. The largest absolute Gasteiger partial charge is 0.494 e. The number of hydrogen-bond donors (Lipinski definition) is 1. The first-order chi connectivity index (χ1) is 9.11. The van der Waals surface area contributed by atoms with Gasteiger partial charge < -0.3 is 9.84 Å². The van der Waals surface area contributed by atoms with Crippen LogP contribution in [-0.2, 0) is 6.42 Å². The highest BCUT2D eigenvalue weighted by atomic mass is 19.1. The third-order valence-electron chi connectivity index (χ3n) is 4.21. The summed E-state index contributed by atoms with van der Waals surface area (Å²) >= 11 is 0. The molecule has 1 aromatic rings. The molecule has 19 heavy (non-hydrogen) atoms. The minimum atomic E-state index is -0.796. The number of halogens is 1. The maximum absolute atomic E-state index is 14.1. The molecule has 1 saturated carbocycles. The summed E-state index contributed by atoms with van der Waals surface area (Å²) in [5.74, 6) is -0.0959. The zero-order valence-corrected chi connectivity index (χ0v) is 11.2. The molecule has 1 N–H and O–H groups in total. The summed E-state index contributed by atoms with van der Waals surface area (Å²) in [6.07, 6.45) is 3.56. The molecule has 3 nitrogen and oxygen atoms in total. The standard InChI is InChI=1S/C15H20FNO2/c1-19-13-4-2-3-11(14(13)16)9-15(18)7-8-17(10-15)12-5-6-12/h2-4,12,18H,5-10H2,1H3. The molecular weight excluding hydrogens is 245 g/mol. The van der Waals surface area contributed by atoms with Crippen molar-refractivity contribution in [2.75, 3.05) is 20.2 Å². The zero-order chi connectivity index (χ0) is 13.5. The van der Waals surface area contributed by atoms with Crippen molar-refractivity contribution in [3.63, 3.8) is 0 Å². The summed E-state index contributed by atoms with van der Waals surface area (Å²) in [5.41, 5.74) is -0.255. The Morgan fingerprint density at radius 1 is 1.47 bits per heavy atom. The number of rotatable bonds is 4. The highest BCUT2D eigenvalue weighted by molar-refractivity contribution is 5.32. The van der Waals surface area contributed by atoms with E-state index in [9.17, 15) is 9.50 Å². The van der Waals surface area contributed by atoms with Gasteiger partial charge in [-0.05, 0) is 30.9 Å². The van der Waals surface area contributed by atoms with Crippen LogP contribution in [0.4, 0.5) is 4.39 Å². The zero-order valence-electron chi connectivity index (χ0n) is 11.2. The van der Waals surface area contributed by atoms with E-state index < -0.39 is 5.60 Å². The molecule has 4 heteroatoms. The second-order valence-corrected chi connectivity index (χ2v) is 5.79. The van der Waals surface area contributed by atoms with Crippen LogP contribution in [0.25, 0.3) is 0 Å². The van der Waals surface area contributed by atoms with Gasteiger partial charge in [-0.1, -0.05) is 12.1 Å². The van der Waals surface area contributed by atoms with E-state index in [2.05, 4.69) is 4.90 Å². The lowest BCUT2D eigenvalue weighted by Gasteiger charge is -2.24. The third-order valence-corrected chi connectivity index (χ3v) is 4.21. The number of benzene rings is 1. The lowest BCUT2D eigenvalue weighted by molar-refractivity contribution is 0.0478. The summed E-state index contributed by atoms with van der Waals surface area (Å²) in [5, 5.41) is 10.6. The van der Waals surface area contributed by atoms with Gasteiger partial charge in [-0.2, -0.15) is 0 Å². The Kier molecular flexibility index (Phi) is 3.23. The van der Waals surface area contributed by atoms with Crippen molar-refractivity contribution in [1.29, 1.82) is 0 Å². The van der Waals surface area contributed by atoms with Crippen molar-refractivity contribution in [3.8, 4) is 5.75 Å². The average Bonchev–Trinajstić information content (AvgIpc) is 3.17. The minimum Gasteiger partial charge on any atom is -0.494 e. The van der Waals surface area contributed by atoms with E-state index in [1.807, 2.05) is 0 Å². The van der Waals surface area contributed by atoms with Gasteiger partial charge >= 0.3 is 0 Å². The van der Waals surface area contributed by atoms with Gasteiger partial charge in [0.05, 0.1) is 12.7 Å². The highest BCUT2D eigenvalue weighted by Crippen LogP contribution is 2.35. The molecule has 1 heterocycles. The van der Waals surface area contributed by atoms with Crippen molar-refractivity contribution in [3.05, 3.63) is 29.6 Å². The van der Waals surface area contributed by atoms with Gasteiger partial charge in [0.1, 0.15) is 0 Å². The Morgan fingerprint density at radius 2 is 2.26 bits per heavy atom. The molecule has 3 rings (SSSR count). The van der Waals surface area contributed by atoms with Crippen LogP contribution in [0.3, 0.4) is 0 Å². The number of hydrogen-bond acceptors (Lipinski definition) is 3. The molecule has 0 spiro atoms. The van der Waals surface area contributed by atoms with Crippen LogP contribution in [0.15, 0.2) is 18.2 Å². The third kappa shape index (κ3) is 2.60. The fraction of sp³-hybridized carbons (Fsp3) is 0.600. The Hall–Kier alpha value is -1.13. The van der Waals surface area contributed by atoms with E-state index in [1.54, 1.807) is 18.2 Å². The van der Waals surface area contributed by atoms with Crippen LogP contribution >= 0.6 is 0 Å². The molecule has 0 radical (unpaired) electrons. The van der Waals surface area contributed by atoms with Gasteiger partial charge in [0, 0.05) is 25.6 Å². The molecule has 0 aromatic heterocycles. The topological polar surface area (TPSA) is 32.7 Å². The number of likely N-dealkylation sites (tertiary alicyclic amines) is 1. The molecule has 1 saturated heterocycles. The normalized spacial score (nSPS) is 27.7. The van der Waals surface area contributed by atoms with Crippen LogP contribution in [0, 0.1) is 5.82 Å². The monoisotopic (exact) mass is 265 g/mol. The maximum Gasteiger partial charge on any atom is 0.168 e. The van der Waals surface area contributed by atoms with Crippen molar-refractivity contribution in [1.82, 2.24) is 4.90 Å². The second-order valence-electron chi connectivity index (χ2n) is 5.79. The Balaban J connectivity index is 1.74. The first kappa shape index (κ1) is 12.9. The molecule has 1 unspecified atom stereocenters. The van der Waals surface area contributed by atoms with E-state index in [1.165, 1.54) is 20.0 Å². The fourth-order valence-electron chi connectivity index (χ4n) is 2.99. The van der Waals surface area contributed by atoms with Gasteiger partial charge in [0.25, 0.3) is 0 Å². The van der Waals surface area contributed by atoms with Crippen LogP contribution in [-0.4, -0.2) is 41.8 Å². The predicted octanol–water partition coefficient (Wildman–Crippen LogP) is 1.98. The van der Waals surface area contributed by atoms with E-state index in [-0.39, 0.29) is 11.6 Å². The molecule has 1 aliphatic carbocycles. The molecular formula is C15H20FNO2. The van der Waals surface area contributed by atoms with E-state index in [0.29, 0.717) is 24.6 Å². The van der Waals surface area contributed by atoms with E-state index in [4.69, 9.17) is 4.74 Å². The van der Waals surface area contributed by atoms with Gasteiger partial charge in [0.15, 0.2) is 11.6 Å². The predicted molar refractivity (Wildman–Crippen MR) is 70.8 cm³/mol. The first-order valence-electron chi connectivity index (χ1n) is 6.89. The molecule has 1 atom stereocenters. The van der Waals surface area contributed by atoms with Crippen LogP contribution in [0.1, 0.15) is 24.8 Å². The number of methoxy groups -OCH3 is 1. The van der Waals surface area contributed by atoms with Crippen LogP contribution in [0.2, 0.25) is 0 Å². The van der Waals surface area contributed by atoms with E-state index >= 15 is 0 Å². The van der Waals surface area contributed by atoms with Gasteiger partial charge in [-0.15, -0.1) is 0 Å². The summed E-state index contributed by atoms with van der Waals surface area (Å²) in [4.78, 5) is 2.33. The molecule has 104 valence electrons.